The van der Waals surface area contributed by atoms with Crippen LogP contribution in [0, 0.1) is 0 Å². The highest BCUT2D eigenvalue weighted by Crippen LogP contribution is 2.17. The van der Waals surface area contributed by atoms with E-state index in [2.05, 4.69) is 20.9 Å². The molecule has 0 unspecified atom stereocenters. The smallest absolute Gasteiger partial charge is 0.289 e. The van der Waals surface area contributed by atoms with Gasteiger partial charge >= 0.3 is 0 Å². The van der Waals surface area contributed by atoms with Crippen molar-refractivity contribution >= 4 is 27.7 Å². The quantitative estimate of drug-likeness (QED) is 0.818. The van der Waals surface area contributed by atoms with E-state index in [1.165, 1.54) is 0 Å². The van der Waals surface area contributed by atoms with E-state index >= 15 is 0 Å². The molecule has 2 amide bonds. The van der Waals surface area contributed by atoms with E-state index in [0.717, 1.165) is 0 Å². The van der Waals surface area contributed by atoms with Gasteiger partial charge in [0.1, 0.15) is 0 Å². The average molecular weight is 364 g/mol. The lowest BCUT2D eigenvalue weighted by atomic mass is 10.2. The third-order valence-corrected chi connectivity index (χ3v) is 3.99. The van der Waals surface area contributed by atoms with E-state index in [1.807, 2.05) is 0 Å². The molecule has 0 aliphatic carbocycles. The predicted octanol–water partition coefficient (Wildman–Crippen LogP) is 2.04. The third-order valence-electron chi connectivity index (χ3n) is 3.57. The number of aromatic nitrogens is 1. The average Bonchev–Trinajstić information content (AvgIpc) is 3.01. The molecule has 1 aliphatic rings. The third kappa shape index (κ3) is 3.04. The molecule has 0 aromatic carbocycles. The van der Waals surface area contributed by atoms with Gasteiger partial charge in [-0.1, -0.05) is 0 Å². The van der Waals surface area contributed by atoms with Crippen LogP contribution in [0.4, 0.5) is 0 Å². The highest BCUT2D eigenvalue weighted by atomic mass is 79.9. The van der Waals surface area contributed by atoms with Crippen molar-refractivity contribution in [2.75, 3.05) is 26.2 Å². The maximum Gasteiger partial charge on any atom is 0.289 e. The van der Waals surface area contributed by atoms with E-state index < -0.39 is 0 Å². The standard InChI is InChI=1S/C15H14BrN3O3/c16-13-2-1-12(22-13)15(21)19-9-7-18(8-10-19)14(20)11-3-5-17-6-4-11/h1-6H,7-10H2. The van der Waals surface area contributed by atoms with Crippen LogP contribution in [0.1, 0.15) is 20.9 Å². The number of rotatable bonds is 2. The van der Waals surface area contributed by atoms with Gasteiger partial charge in [-0.05, 0) is 40.2 Å². The molecular formula is C15H14BrN3O3. The second kappa shape index (κ2) is 6.31. The number of halogens is 1. The van der Waals surface area contributed by atoms with Crippen molar-refractivity contribution in [3.05, 3.63) is 52.7 Å². The molecule has 1 fully saturated rings. The summed E-state index contributed by atoms with van der Waals surface area (Å²) >= 11 is 3.18. The lowest BCUT2D eigenvalue weighted by Crippen LogP contribution is -2.50. The molecule has 2 aromatic heterocycles. The predicted molar refractivity (Wildman–Crippen MR) is 82.5 cm³/mol. The van der Waals surface area contributed by atoms with Crippen molar-refractivity contribution in [1.82, 2.24) is 14.8 Å². The van der Waals surface area contributed by atoms with Gasteiger partial charge in [-0.25, -0.2) is 0 Å². The van der Waals surface area contributed by atoms with E-state index in [0.29, 0.717) is 42.2 Å². The first-order valence-electron chi connectivity index (χ1n) is 6.89. The number of piperazine rings is 1. The maximum atomic E-state index is 12.3. The second-order valence-corrected chi connectivity index (χ2v) is 5.71. The minimum absolute atomic E-state index is 0.0322. The van der Waals surface area contributed by atoms with Gasteiger partial charge in [-0.15, -0.1) is 0 Å². The second-order valence-electron chi connectivity index (χ2n) is 4.92. The molecule has 0 spiro atoms. The van der Waals surface area contributed by atoms with Crippen LogP contribution in [0.2, 0.25) is 0 Å². The van der Waals surface area contributed by atoms with Gasteiger partial charge in [0.15, 0.2) is 10.4 Å². The Balaban J connectivity index is 1.61. The van der Waals surface area contributed by atoms with Gasteiger partial charge in [0.25, 0.3) is 11.8 Å². The van der Waals surface area contributed by atoms with E-state index in [1.54, 1.807) is 46.5 Å². The Hall–Kier alpha value is -2.15. The van der Waals surface area contributed by atoms with E-state index in [4.69, 9.17) is 4.42 Å². The first kappa shape index (κ1) is 14.8. The van der Waals surface area contributed by atoms with Gasteiger partial charge in [-0.3, -0.25) is 14.6 Å². The molecule has 7 heteroatoms. The van der Waals surface area contributed by atoms with Gasteiger partial charge in [0, 0.05) is 44.1 Å². The maximum absolute atomic E-state index is 12.3. The number of furan rings is 1. The highest BCUT2D eigenvalue weighted by Gasteiger charge is 2.26. The molecule has 3 rings (SSSR count). The topological polar surface area (TPSA) is 66.7 Å². The first-order chi connectivity index (χ1) is 10.6. The molecule has 0 radical (unpaired) electrons. The number of hydrogen-bond acceptors (Lipinski definition) is 4. The van der Waals surface area contributed by atoms with Gasteiger partial charge in [-0.2, -0.15) is 0 Å². The molecule has 3 heterocycles. The normalized spacial score (nSPS) is 15.0. The van der Waals surface area contributed by atoms with E-state index in [-0.39, 0.29) is 11.8 Å². The van der Waals surface area contributed by atoms with Crippen LogP contribution in [0.5, 0.6) is 0 Å². The minimum Gasteiger partial charge on any atom is -0.444 e. The van der Waals surface area contributed by atoms with Crippen LogP contribution < -0.4 is 0 Å². The van der Waals surface area contributed by atoms with Crippen molar-refractivity contribution < 1.29 is 14.0 Å². The Morgan fingerprint density at radius 3 is 2.09 bits per heavy atom. The van der Waals surface area contributed by atoms with Crippen LogP contribution in [-0.2, 0) is 0 Å². The van der Waals surface area contributed by atoms with Gasteiger partial charge in [0.2, 0.25) is 0 Å². The monoisotopic (exact) mass is 363 g/mol. The lowest BCUT2D eigenvalue weighted by Gasteiger charge is -2.34. The Morgan fingerprint density at radius 2 is 1.55 bits per heavy atom. The van der Waals surface area contributed by atoms with Crippen LogP contribution in [0.25, 0.3) is 0 Å². The van der Waals surface area contributed by atoms with Crippen molar-refractivity contribution in [3.8, 4) is 0 Å². The van der Waals surface area contributed by atoms with Crippen molar-refractivity contribution in [3.63, 3.8) is 0 Å². The molecule has 1 saturated heterocycles. The molecule has 0 atom stereocenters. The zero-order chi connectivity index (χ0) is 15.5. The fourth-order valence-corrected chi connectivity index (χ4v) is 2.68. The lowest BCUT2D eigenvalue weighted by molar-refractivity contribution is 0.0517. The minimum atomic E-state index is -0.151. The fraction of sp³-hybridized carbons (Fsp3) is 0.267. The van der Waals surface area contributed by atoms with Gasteiger partial charge < -0.3 is 14.2 Å². The Labute approximate surface area is 135 Å². The number of amides is 2. The van der Waals surface area contributed by atoms with Crippen molar-refractivity contribution in [2.24, 2.45) is 0 Å². The summed E-state index contributed by atoms with van der Waals surface area (Å²) in [5.74, 6) is 0.123. The van der Waals surface area contributed by atoms with Crippen LogP contribution in [0.3, 0.4) is 0 Å². The molecule has 114 valence electrons. The molecule has 0 saturated carbocycles. The SMILES string of the molecule is O=C(c1ccncc1)N1CCN(C(=O)c2ccc(Br)o2)CC1. The van der Waals surface area contributed by atoms with Crippen LogP contribution in [-0.4, -0.2) is 52.8 Å². The zero-order valence-corrected chi connectivity index (χ0v) is 13.3. The number of nitrogens with zero attached hydrogens (tertiary/aromatic N) is 3. The molecule has 22 heavy (non-hydrogen) atoms. The summed E-state index contributed by atoms with van der Waals surface area (Å²) in [6.45, 7) is 2.01. The fourth-order valence-electron chi connectivity index (χ4n) is 2.37. The Kier molecular flexibility index (Phi) is 4.24. The largest absolute Gasteiger partial charge is 0.444 e. The van der Waals surface area contributed by atoms with Crippen molar-refractivity contribution in [1.29, 1.82) is 0 Å². The summed E-state index contributed by atoms with van der Waals surface area (Å²) in [7, 11) is 0. The molecule has 0 N–H and O–H groups in total. The number of hydrogen-bond donors (Lipinski definition) is 0. The summed E-state index contributed by atoms with van der Waals surface area (Å²) in [6.07, 6.45) is 3.20. The summed E-state index contributed by atoms with van der Waals surface area (Å²) in [6, 6.07) is 6.72. The molecular weight excluding hydrogens is 350 g/mol. The molecule has 0 bridgehead atoms. The van der Waals surface area contributed by atoms with E-state index in [9.17, 15) is 9.59 Å². The Morgan fingerprint density at radius 1 is 0.955 bits per heavy atom. The summed E-state index contributed by atoms with van der Waals surface area (Å²) in [5.41, 5.74) is 0.616. The first-order valence-corrected chi connectivity index (χ1v) is 7.68. The summed E-state index contributed by atoms with van der Waals surface area (Å²) in [5, 5.41) is 0. The molecule has 2 aromatic rings. The zero-order valence-electron chi connectivity index (χ0n) is 11.7. The van der Waals surface area contributed by atoms with Crippen molar-refractivity contribution in [2.45, 2.75) is 0 Å². The number of carbonyl (C=O) groups excluding carboxylic acids is 2. The molecule has 1 aliphatic heterocycles. The Bertz CT molecular complexity index is 678. The highest BCUT2D eigenvalue weighted by molar-refractivity contribution is 9.10. The number of carbonyl (C=O) groups is 2. The molecule has 6 nitrogen and oxygen atoms in total. The van der Waals surface area contributed by atoms with Gasteiger partial charge in [0.05, 0.1) is 0 Å². The van der Waals surface area contributed by atoms with Crippen LogP contribution in [0.15, 0.2) is 45.7 Å². The number of pyridine rings is 1. The summed E-state index contributed by atoms with van der Waals surface area (Å²) in [4.78, 5) is 31.9. The summed E-state index contributed by atoms with van der Waals surface area (Å²) < 4.78 is 5.81. The van der Waals surface area contributed by atoms with Crippen LogP contribution >= 0.6 is 15.9 Å².